The number of rotatable bonds is 6. The summed E-state index contributed by atoms with van der Waals surface area (Å²) in [7, 11) is 0. The third-order valence-corrected chi connectivity index (χ3v) is 5.55. The quantitative estimate of drug-likeness (QED) is 0.224. The van der Waals surface area contributed by atoms with Crippen LogP contribution in [0.2, 0.25) is 0 Å². The monoisotopic (exact) mass is 590 g/mol. The fraction of sp³-hybridized carbons (Fsp3) is 0.227. The van der Waals surface area contributed by atoms with Crippen molar-refractivity contribution < 1.29 is 32.2 Å². The zero-order valence-corrected chi connectivity index (χ0v) is 20.4. The first kappa shape index (κ1) is 25.0. The Kier molecular flexibility index (Phi) is 7.62. The first-order valence-corrected chi connectivity index (χ1v) is 11.2. The maximum absolute atomic E-state index is 13.1. The molecule has 2 amide bonds. The molecule has 3 rings (SSSR count). The highest BCUT2D eigenvalue weighted by Crippen LogP contribution is 2.36. The van der Waals surface area contributed by atoms with Gasteiger partial charge >= 0.3 is 6.18 Å². The van der Waals surface area contributed by atoms with Gasteiger partial charge in [0, 0.05) is 0 Å². The lowest BCUT2D eigenvalue weighted by Crippen LogP contribution is -2.54. The van der Waals surface area contributed by atoms with E-state index in [1.807, 2.05) is 29.5 Å². The summed E-state index contributed by atoms with van der Waals surface area (Å²) < 4.78 is 51.4. The third kappa shape index (κ3) is 5.46. The number of benzene rings is 2. The van der Waals surface area contributed by atoms with E-state index < -0.39 is 23.6 Å². The van der Waals surface area contributed by atoms with Gasteiger partial charge in [-0.1, -0.05) is 6.07 Å². The minimum Gasteiger partial charge on any atom is -0.490 e. The van der Waals surface area contributed by atoms with Gasteiger partial charge in [-0.15, -0.1) is 0 Å². The smallest absolute Gasteiger partial charge is 0.416 e. The van der Waals surface area contributed by atoms with Crippen molar-refractivity contribution in [2.45, 2.75) is 20.0 Å². The molecule has 0 bridgehead atoms. The van der Waals surface area contributed by atoms with Gasteiger partial charge in [-0.05, 0) is 90.6 Å². The maximum Gasteiger partial charge on any atom is 0.416 e. The molecule has 1 aliphatic heterocycles. The number of hydrogen-bond donors (Lipinski definition) is 1. The van der Waals surface area contributed by atoms with Crippen LogP contribution in [0.1, 0.15) is 25.0 Å². The van der Waals surface area contributed by atoms with E-state index >= 15 is 0 Å². The van der Waals surface area contributed by atoms with Gasteiger partial charge < -0.3 is 9.47 Å². The van der Waals surface area contributed by atoms with Crippen molar-refractivity contribution in [3.63, 3.8) is 0 Å². The summed E-state index contributed by atoms with van der Waals surface area (Å²) in [4.78, 5) is 26.5. The highest BCUT2D eigenvalue weighted by atomic mass is 127. The highest BCUT2D eigenvalue weighted by molar-refractivity contribution is 14.1. The molecule has 0 radical (unpaired) electrons. The Balaban J connectivity index is 2.05. The number of amides is 2. The number of carbonyl (C=O) groups is 2. The molecular weight excluding hydrogens is 572 g/mol. The van der Waals surface area contributed by atoms with Crippen LogP contribution in [0.15, 0.2) is 42.0 Å². The van der Waals surface area contributed by atoms with Crippen molar-refractivity contribution in [3.05, 3.63) is 56.7 Å². The summed E-state index contributed by atoms with van der Waals surface area (Å²) >= 11 is 7.12. The number of hydrogen-bond acceptors (Lipinski definition) is 5. The van der Waals surface area contributed by atoms with Gasteiger partial charge in [0.05, 0.1) is 28.0 Å². The number of anilines is 1. The number of halogens is 4. The number of ether oxygens (including phenoxy) is 2. The summed E-state index contributed by atoms with van der Waals surface area (Å²) in [5.74, 6) is -0.625. The molecule has 1 heterocycles. The van der Waals surface area contributed by atoms with Gasteiger partial charge in [0.1, 0.15) is 5.57 Å². The van der Waals surface area contributed by atoms with Crippen LogP contribution in [-0.2, 0) is 15.8 Å². The Hall–Kier alpha value is -2.67. The number of nitrogens with one attached hydrogen (secondary N) is 1. The Morgan fingerprint density at radius 2 is 1.82 bits per heavy atom. The second kappa shape index (κ2) is 10.1. The van der Waals surface area contributed by atoms with Crippen LogP contribution in [-0.4, -0.2) is 30.1 Å². The van der Waals surface area contributed by atoms with Crippen molar-refractivity contribution in [2.75, 3.05) is 18.1 Å². The van der Waals surface area contributed by atoms with Crippen LogP contribution in [0.5, 0.6) is 11.5 Å². The van der Waals surface area contributed by atoms with E-state index in [1.54, 1.807) is 19.1 Å². The highest BCUT2D eigenvalue weighted by Gasteiger charge is 2.36. The summed E-state index contributed by atoms with van der Waals surface area (Å²) in [6.07, 6.45) is -3.27. The zero-order valence-electron chi connectivity index (χ0n) is 17.5. The van der Waals surface area contributed by atoms with Crippen molar-refractivity contribution in [1.82, 2.24) is 5.32 Å². The van der Waals surface area contributed by atoms with Crippen LogP contribution in [0.3, 0.4) is 0 Å². The van der Waals surface area contributed by atoms with Gasteiger partial charge in [0.15, 0.2) is 16.6 Å². The molecule has 0 aromatic heterocycles. The maximum atomic E-state index is 13.1. The Labute approximate surface area is 206 Å². The molecule has 11 heteroatoms. The molecule has 1 N–H and O–H groups in total. The number of thiocarbonyl (C=S) groups is 1. The molecule has 2 aromatic rings. The van der Waals surface area contributed by atoms with Crippen LogP contribution >= 0.6 is 34.8 Å². The Bertz CT molecular complexity index is 1150. The number of carbonyl (C=O) groups excluding carboxylic acids is 2. The molecule has 2 aromatic carbocycles. The SMILES string of the molecule is CCOc1cc(/C=C2\C(=O)NC(=S)N(c3cccc(C(F)(F)F)c3)C2=O)cc(I)c1OCC. The number of nitrogens with zero attached hydrogens (tertiary/aromatic N) is 1. The summed E-state index contributed by atoms with van der Waals surface area (Å²) in [5.41, 5.74) is -0.868. The largest absolute Gasteiger partial charge is 0.490 e. The van der Waals surface area contributed by atoms with Crippen molar-refractivity contribution >= 4 is 63.5 Å². The average Bonchev–Trinajstić information content (AvgIpc) is 2.73. The molecule has 33 heavy (non-hydrogen) atoms. The van der Waals surface area contributed by atoms with E-state index in [-0.39, 0.29) is 16.4 Å². The third-order valence-electron chi connectivity index (χ3n) is 4.46. The lowest BCUT2D eigenvalue weighted by Gasteiger charge is -2.29. The van der Waals surface area contributed by atoms with Gasteiger partial charge in [-0.2, -0.15) is 13.2 Å². The van der Waals surface area contributed by atoms with Crippen LogP contribution < -0.4 is 19.7 Å². The molecule has 1 aliphatic rings. The van der Waals surface area contributed by atoms with E-state index in [2.05, 4.69) is 5.32 Å². The molecule has 0 spiro atoms. The van der Waals surface area contributed by atoms with Gasteiger partial charge in [0.2, 0.25) is 0 Å². The van der Waals surface area contributed by atoms with Crippen LogP contribution in [0, 0.1) is 3.57 Å². The summed E-state index contributed by atoms with van der Waals surface area (Å²) in [6, 6.07) is 7.47. The second-order valence-electron chi connectivity index (χ2n) is 6.70. The lowest BCUT2D eigenvalue weighted by atomic mass is 10.1. The molecule has 6 nitrogen and oxygen atoms in total. The fourth-order valence-corrected chi connectivity index (χ4v) is 4.16. The standard InChI is InChI=1S/C22H18F3IN2O4S/c1-3-31-17-10-12(9-16(26)18(17)32-4-2)8-15-19(29)27-21(33)28(20(15)30)14-7-5-6-13(11-14)22(23,24)25/h5-11H,3-4H2,1-2H3,(H,27,29,33)/b15-8+. The summed E-state index contributed by atoms with van der Waals surface area (Å²) in [6.45, 7) is 4.42. The first-order valence-electron chi connectivity index (χ1n) is 9.74. The van der Waals surface area contributed by atoms with E-state index in [4.69, 9.17) is 21.7 Å². The summed E-state index contributed by atoms with van der Waals surface area (Å²) in [5, 5.41) is 2.06. The molecule has 0 atom stereocenters. The fourth-order valence-electron chi connectivity index (χ4n) is 3.10. The van der Waals surface area contributed by atoms with Gasteiger partial charge in [-0.25, -0.2) is 0 Å². The van der Waals surface area contributed by atoms with Crippen molar-refractivity contribution in [3.8, 4) is 11.5 Å². The lowest BCUT2D eigenvalue weighted by molar-refractivity contribution is -0.137. The van der Waals surface area contributed by atoms with E-state index in [1.165, 1.54) is 12.1 Å². The second-order valence-corrected chi connectivity index (χ2v) is 8.25. The normalized spacial score (nSPS) is 15.6. The minimum absolute atomic E-state index is 0.109. The minimum atomic E-state index is -4.60. The predicted octanol–water partition coefficient (Wildman–Crippen LogP) is 4.94. The molecule has 1 fully saturated rings. The average molecular weight is 590 g/mol. The molecule has 174 valence electrons. The zero-order chi connectivity index (χ0) is 24.3. The molecule has 0 saturated carbocycles. The van der Waals surface area contributed by atoms with E-state index in [0.717, 1.165) is 23.1 Å². The van der Waals surface area contributed by atoms with E-state index in [0.29, 0.717) is 33.8 Å². The molecule has 0 unspecified atom stereocenters. The Morgan fingerprint density at radius 3 is 2.45 bits per heavy atom. The topological polar surface area (TPSA) is 67.9 Å². The van der Waals surface area contributed by atoms with Crippen LogP contribution in [0.4, 0.5) is 18.9 Å². The molecule has 0 aliphatic carbocycles. The Morgan fingerprint density at radius 1 is 1.12 bits per heavy atom. The molecular formula is C22H18F3IN2O4S. The molecule has 1 saturated heterocycles. The number of alkyl halides is 3. The predicted molar refractivity (Wildman–Crippen MR) is 129 cm³/mol. The van der Waals surface area contributed by atoms with Crippen molar-refractivity contribution in [1.29, 1.82) is 0 Å². The van der Waals surface area contributed by atoms with E-state index in [9.17, 15) is 22.8 Å². The van der Waals surface area contributed by atoms with Crippen LogP contribution in [0.25, 0.3) is 6.08 Å². The first-order chi connectivity index (χ1) is 15.6. The van der Waals surface area contributed by atoms with Crippen molar-refractivity contribution in [2.24, 2.45) is 0 Å². The van der Waals surface area contributed by atoms with Gasteiger partial charge in [-0.3, -0.25) is 19.8 Å². The van der Waals surface area contributed by atoms with Gasteiger partial charge in [0.25, 0.3) is 11.8 Å².